The van der Waals surface area contributed by atoms with E-state index in [1.54, 1.807) is 67.0 Å². The number of aliphatic carboxylic acids is 1. The number of nitrogens with zero attached hydrogens (tertiary/aromatic N) is 1. The molecule has 2 amide bonds. The van der Waals surface area contributed by atoms with E-state index in [0.717, 1.165) is 18.2 Å². The second kappa shape index (κ2) is 14.7. The first-order valence-corrected chi connectivity index (χ1v) is 14.6. The molecule has 5 aromatic rings. The normalized spacial score (nSPS) is 11.1. The number of hydrogen-bond acceptors (Lipinski definition) is 8. The highest BCUT2D eigenvalue weighted by molar-refractivity contribution is 6.15. The van der Waals surface area contributed by atoms with Crippen molar-refractivity contribution >= 4 is 46.4 Å². The first-order valence-electron chi connectivity index (χ1n) is 14.6. The van der Waals surface area contributed by atoms with E-state index in [9.17, 15) is 37.1 Å². The lowest BCUT2D eigenvalue weighted by molar-refractivity contribution is -0.250. The number of carbonyl (C=O) groups excluding carboxylic acids is 4. The third kappa shape index (κ3) is 7.96. The smallest absolute Gasteiger partial charge is 0.471 e. The van der Waals surface area contributed by atoms with Crippen LogP contribution < -0.4 is 15.4 Å². The quantitative estimate of drug-likeness (QED) is 0.0813. The van der Waals surface area contributed by atoms with E-state index in [2.05, 4.69) is 5.32 Å². The second-order valence-corrected chi connectivity index (χ2v) is 10.6. The standard InChI is InChI=1S/C35H26F3N3O9/c1-20-29(40-32(45)23-10-7-11-24(16-23)48-19-28(42)43)27-12-5-6-15-41(27)30(20)31(44)22-13-14-26(39-34(47)35(36,37)38)25(17-22)33(46)50-49-18-21-8-3-2-4-9-21/h2-17H,18-19H2,1H3,(H,39,47)(H,40,45)(H,42,43). The average Bonchev–Trinajstić information content (AvgIpc) is 3.37. The van der Waals surface area contributed by atoms with Crippen LogP contribution in [0.4, 0.5) is 24.5 Å². The zero-order chi connectivity index (χ0) is 36.0. The van der Waals surface area contributed by atoms with E-state index < -0.39 is 53.6 Å². The molecule has 0 saturated heterocycles. The molecule has 0 spiro atoms. The van der Waals surface area contributed by atoms with Crippen LogP contribution in [0.2, 0.25) is 0 Å². The predicted octanol–water partition coefficient (Wildman–Crippen LogP) is 5.98. The number of rotatable bonds is 12. The molecule has 15 heteroatoms. The Morgan fingerprint density at radius 3 is 2.30 bits per heavy atom. The van der Waals surface area contributed by atoms with Gasteiger partial charge < -0.3 is 24.9 Å². The van der Waals surface area contributed by atoms with Gasteiger partial charge in [-0.25, -0.2) is 9.59 Å². The number of carboxylic acids is 1. The van der Waals surface area contributed by atoms with Crippen molar-refractivity contribution < 1.29 is 56.8 Å². The van der Waals surface area contributed by atoms with Gasteiger partial charge in [0.1, 0.15) is 12.4 Å². The Kier molecular flexibility index (Phi) is 10.3. The van der Waals surface area contributed by atoms with Crippen LogP contribution in [-0.2, 0) is 26.0 Å². The number of carboxylic acid groups (broad SMARTS) is 1. The number of nitrogens with one attached hydrogen (secondary N) is 2. The van der Waals surface area contributed by atoms with Gasteiger partial charge in [0, 0.05) is 22.9 Å². The van der Waals surface area contributed by atoms with Gasteiger partial charge >= 0.3 is 24.0 Å². The van der Waals surface area contributed by atoms with Crippen molar-refractivity contribution in [3.8, 4) is 5.75 Å². The Bertz CT molecular complexity index is 2110. The van der Waals surface area contributed by atoms with Crippen molar-refractivity contribution in [3.63, 3.8) is 0 Å². The Morgan fingerprint density at radius 2 is 1.58 bits per heavy atom. The highest BCUT2D eigenvalue weighted by atomic mass is 19.4. The van der Waals surface area contributed by atoms with Gasteiger partial charge in [0.2, 0.25) is 5.78 Å². The van der Waals surface area contributed by atoms with Gasteiger partial charge in [0.25, 0.3) is 5.91 Å². The monoisotopic (exact) mass is 689 g/mol. The number of alkyl halides is 3. The fourth-order valence-corrected chi connectivity index (χ4v) is 4.89. The number of ketones is 1. The highest BCUT2D eigenvalue weighted by Gasteiger charge is 2.39. The van der Waals surface area contributed by atoms with Crippen LogP contribution in [0.1, 0.15) is 47.9 Å². The zero-order valence-electron chi connectivity index (χ0n) is 25.9. The molecule has 0 unspecified atom stereocenters. The molecule has 0 bridgehead atoms. The van der Waals surface area contributed by atoms with E-state index in [1.807, 2.05) is 0 Å². The summed E-state index contributed by atoms with van der Waals surface area (Å²) in [6.45, 7) is 0.751. The Hall–Kier alpha value is -6.48. The maximum atomic E-state index is 14.0. The van der Waals surface area contributed by atoms with Crippen LogP contribution in [0.3, 0.4) is 0 Å². The van der Waals surface area contributed by atoms with Gasteiger partial charge in [-0.3, -0.25) is 19.3 Å². The first-order chi connectivity index (χ1) is 23.8. The zero-order valence-corrected chi connectivity index (χ0v) is 25.9. The summed E-state index contributed by atoms with van der Waals surface area (Å²) >= 11 is 0. The molecule has 0 aliphatic rings. The first kappa shape index (κ1) is 34.8. The van der Waals surface area contributed by atoms with Crippen molar-refractivity contribution in [1.29, 1.82) is 0 Å². The van der Waals surface area contributed by atoms with E-state index in [4.69, 9.17) is 19.6 Å². The van der Waals surface area contributed by atoms with Gasteiger partial charge in [-0.05, 0) is 61.0 Å². The summed E-state index contributed by atoms with van der Waals surface area (Å²) in [5.74, 6) is -6.00. The SMILES string of the molecule is Cc1c(NC(=O)c2cccc(OCC(=O)O)c2)c2ccccn2c1C(=O)c1ccc(NC(=O)C(F)(F)F)c(C(=O)OOCc2ccccc2)c1. The number of benzene rings is 3. The molecule has 0 saturated carbocycles. The Balaban J connectivity index is 1.47. The van der Waals surface area contributed by atoms with Crippen LogP contribution in [0.15, 0.2) is 97.2 Å². The summed E-state index contributed by atoms with van der Waals surface area (Å²) in [5.41, 5.74) is 0.394. The van der Waals surface area contributed by atoms with Crippen molar-refractivity contribution in [2.45, 2.75) is 19.7 Å². The number of ether oxygens (including phenoxy) is 1. The summed E-state index contributed by atoms with van der Waals surface area (Å²) in [5, 5.41) is 13.3. The van der Waals surface area contributed by atoms with Gasteiger partial charge in [-0.2, -0.15) is 18.1 Å². The molecule has 0 aliphatic carbocycles. The summed E-state index contributed by atoms with van der Waals surface area (Å²) in [6, 6.07) is 22.3. The number of amides is 2. The fraction of sp³-hybridized carbons (Fsp3) is 0.114. The Morgan fingerprint density at radius 1 is 0.840 bits per heavy atom. The highest BCUT2D eigenvalue weighted by Crippen LogP contribution is 2.32. The maximum absolute atomic E-state index is 14.0. The van der Waals surface area contributed by atoms with E-state index in [1.165, 1.54) is 28.7 Å². The molecule has 0 radical (unpaired) electrons. The van der Waals surface area contributed by atoms with Crippen LogP contribution in [0.25, 0.3) is 5.52 Å². The maximum Gasteiger partial charge on any atom is 0.471 e. The summed E-state index contributed by atoms with van der Waals surface area (Å²) in [6.07, 6.45) is -3.73. The third-order valence-corrected chi connectivity index (χ3v) is 7.21. The number of halogens is 3. The molecule has 50 heavy (non-hydrogen) atoms. The van der Waals surface area contributed by atoms with Crippen molar-refractivity contribution in [2.24, 2.45) is 0 Å². The lowest BCUT2D eigenvalue weighted by Crippen LogP contribution is -2.30. The Labute approximate surface area is 280 Å². The van der Waals surface area contributed by atoms with Gasteiger partial charge in [-0.15, -0.1) is 0 Å². The average molecular weight is 690 g/mol. The minimum absolute atomic E-state index is 0.0427. The molecule has 2 aromatic heterocycles. The molecule has 0 atom stereocenters. The van der Waals surface area contributed by atoms with Crippen LogP contribution >= 0.6 is 0 Å². The molecule has 256 valence electrons. The molecule has 2 heterocycles. The minimum Gasteiger partial charge on any atom is -0.482 e. The van der Waals surface area contributed by atoms with Crippen LogP contribution in [-0.4, -0.2) is 51.8 Å². The molecular formula is C35H26F3N3O9. The summed E-state index contributed by atoms with van der Waals surface area (Å²) < 4.78 is 45.9. The molecule has 5 rings (SSSR count). The molecule has 0 aliphatic heterocycles. The lowest BCUT2D eigenvalue weighted by atomic mass is 10.0. The minimum atomic E-state index is -5.28. The van der Waals surface area contributed by atoms with E-state index in [0.29, 0.717) is 16.6 Å². The molecule has 3 aromatic carbocycles. The van der Waals surface area contributed by atoms with Crippen molar-refractivity contribution in [2.75, 3.05) is 17.2 Å². The largest absolute Gasteiger partial charge is 0.482 e. The number of pyridine rings is 1. The number of carbonyl (C=O) groups is 5. The second-order valence-electron chi connectivity index (χ2n) is 10.6. The third-order valence-electron chi connectivity index (χ3n) is 7.21. The lowest BCUT2D eigenvalue weighted by Gasteiger charge is -2.13. The molecule has 12 nitrogen and oxygen atoms in total. The molecular weight excluding hydrogens is 663 g/mol. The van der Waals surface area contributed by atoms with E-state index in [-0.39, 0.29) is 34.9 Å². The van der Waals surface area contributed by atoms with Gasteiger partial charge in [0.05, 0.1) is 28.1 Å². The molecule has 0 fully saturated rings. The fourth-order valence-electron chi connectivity index (χ4n) is 4.89. The predicted molar refractivity (Wildman–Crippen MR) is 171 cm³/mol. The molecule has 3 N–H and O–H groups in total. The number of hydrogen-bond donors (Lipinski definition) is 3. The van der Waals surface area contributed by atoms with Crippen LogP contribution in [0.5, 0.6) is 5.75 Å². The summed E-state index contributed by atoms with van der Waals surface area (Å²) in [4.78, 5) is 72.8. The number of aromatic nitrogens is 1. The van der Waals surface area contributed by atoms with Gasteiger partial charge in [0.15, 0.2) is 6.61 Å². The topological polar surface area (TPSA) is 162 Å². The van der Waals surface area contributed by atoms with Crippen molar-refractivity contribution in [3.05, 3.63) is 131 Å². The van der Waals surface area contributed by atoms with E-state index >= 15 is 0 Å². The van der Waals surface area contributed by atoms with Crippen LogP contribution in [0, 0.1) is 6.92 Å². The van der Waals surface area contributed by atoms with Crippen molar-refractivity contribution in [1.82, 2.24) is 4.40 Å². The summed E-state index contributed by atoms with van der Waals surface area (Å²) in [7, 11) is 0. The number of fused-ring (bicyclic) bond motifs is 1. The number of anilines is 2. The van der Waals surface area contributed by atoms with Gasteiger partial charge in [-0.1, -0.05) is 42.5 Å².